The maximum atomic E-state index is 9.93. The van der Waals surface area contributed by atoms with E-state index in [4.69, 9.17) is 13.6 Å². The molecule has 0 spiro atoms. The molecule has 0 amide bonds. The SMILES string of the molecule is CC(C)(C)c1ccc(OP(Oc2ccc(C(C)(C)C)cc2C(C)(C)C)Oc2ccc(C(C)(C)C)cc2C(C)(C)C)c(C(C)(C)C)c1.[Au+].[F][Sb-]([F])([F])([F])([F])[F]. The minimum absolute atomic E-state index is 0. The van der Waals surface area contributed by atoms with Gasteiger partial charge in [0.25, 0.3) is 0 Å². The molecule has 0 radical (unpaired) electrons. The van der Waals surface area contributed by atoms with E-state index in [0.29, 0.717) is 0 Å². The Labute approximate surface area is 341 Å². The van der Waals surface area contributed by atoms with Crippen molar-refractivity contribution in [1.82, 2.24) is 0 Å². The van der Waals surface area contributed by atoms with Crippen LogP contribution in [0.2, 0.25) is 0 Å². The Kier molecular flexibility index (Phi) is 14.8. The van der Waals surface area contributed by atoms with E-state index in [1.807, 2.05) is 0 Å². The molecular formula is C42H63AuF6O3PSb. The van der Waals surface area contributed by atoms with Crippen LogP contribution < -0.4 is 13.6 Å². The molecule has 0 aromatic heterocycles. The molecule has 54 heavy (non-hydrogen) atoms. The van der Waals surface area contributed by atoms with E-state index >= 15 is 0 Å². The molecule has 0 aliphatic rings. The molecule has 0 aliphatic heterocycles. The van der Waals surface area contributed by atoms with Gasteiger partial charge >= 0.3 is 67.3 Å². The third kappa shape index (κ3) is 17.0. The van der Waals surface area contributed by atoms with E-state index in [0.717, 1.165) is 33.9 Å². The molecule has 312 valence electrons. The van der Waals surface area contributed by atoms with Crippen LogP contribution in [-0.2, 0) is 54.9 Å². The molecule has 3 nitrogen and oxygen atoms in total. The normalized spacial score (nSPS) is 14.6. The van der Waals surface area contributed by atoms with Crippen LogP contribution in [0.5, 0.6) is 17.2 Å². The Morgan fingerprint density at radius 1 is 0.370 bits per heavy atom. The summed E-state index contributed by atoms with van der Waals surface area (Å²) in [7, 11) is -1.89. The molecule has 0 fully saturated rings. The Morgan fingerprint density at radius 2 is 0.556 bits per heavy atom. The third-order valence-electron chi connectivity index (χ3n) is 8.48. The van der Waals surface area contributed by atoms with Crippen molar-refractivity contribution < 1.29 is 52.8 Å². The van der Waals surface area contributed by atoms with E-state index in [2.05, 4.69) is 179 Å². The predicted molar refractivity (Wildman–Crippen MR) is 213 cm³/mol. The van der Waals surface area contributed by atoms with Crippen LogP contribution in [-0.4, -0.2) is 19.5 Å². The quantitative estimate of drug-likeness (QED) is 0.140. The van der Waals surface area contributed by atoms with Crippen molar-refractivity contribution >= 4 is 28.1 Å². The summed E-state index contributed by atoms with van der Waals surface area (Å²) in [6.45, 7) is 40.3. The van der Waals surface area contributed by atoms with Crippen LogP contribution in [0.15, 0.2) is 54.6 Å². The average molecular weight is 1080 g/mol. The second kappa shape index (κ2) is 15.8. The van der Waals surface area contributed by atoms with E-state index in [1.54, 1.807) is 0 Å². The molecule has 0 saturated heterocycles. The van der Waals surface area contributed by atoms with Gasteiger partial charge in [0.05, 0.1) is 0 Å². The van der Waals surface area contributed by atoms with Crippen LogP contribution in [0, 0.1) is 0 Å². The summed E-state index contributed by atoms with van der Waals surface area (Å²) in [5, 5.41) is 0. The van der Waals surface area contributed by atoms with E-state index in [-0.39, 0.29) is 54.9 Å². The molecular weight excluding hydrogens is 1020 g/mol. The van der Waals surface area contributed by atoms with Crippen LogP contribution in [0.3, 0.4) is 0 Å². The number of hydrogen-bond acceptors (Lipinski definition) is 3. The first-order chi connectivity index (χ1) is 23.0. The molecule has 0 unspecified atom stereocenters. The van der Waals surface area contributed by atoms with Gasteiger partial charge in [0.1, 0.15) is 17.2 Å². The zero-order chi connectivity index (χ0) is 41.7. The molecule has 0 atom stereocenters. The van der Waals surface area contributed by atoms with E-state index in [9.17, 15) is 16.9 Å². The van der Waals surface area contributed by atoms with Gasteiger partial charge < -0.3 is 13.6 Å². The van der Waals surface area contributed by atoms with Crippen molar-refractivity contribution in [3.8, 4) is 17.2 Å². The maximum absolute atomic E-state index is 11.2. The summed E-state index contributed by atoms with van der Waals surface area (Å²) in [6.07, 6.45) is 0. The fraction of sp³-hybridized carbons (Fsp3) is 0.571. The van der Waals surface area contributed by atoms with Gasteiger partial charge in [-0.2, -0.15) is 0 Å². The van der Waals surface area contributed by atoms with Crippen molar-refractivity contribution in [2.24, 2.45) is 0 Å². The number of halogens is 6. The first-order valence-electron chi connectivity index (χ1n) is 17.9. The molecule has 0 N–H and O–H groups in total. The summed E-state index contributed by atoms with van der Waals surface area (Å²) < 4.78 is 80.2. The van der Waals surface area contributed by atoms with Crippen molar-refractivity contribution in [3.05, 3.63) is 88.0 Å². The van der Waals surface area contributed by atoms with Gasteiger partial charge in [-0.3, -0.25) is 0 Å². The standard InChI is InChI=1S/C42H63O3P.Au.6FH.Sb/c1-37(2,3)28-19-22-34(31(25-28)40(10,11)12)43-46(44-35-23-20-29(38(4,5)6)26-32(35)41(13,14)15)45-36-24-21-30(39(7,8)9)27-33(36)42(16,17)18;;;;;;;;/h19-27H,1-18H3;;6*1H;/q;+1;;;;;;;+5/p-6. The summed E-state index contributed by atoms with van der Waals surface area (Å²) >= 11 is -11.2. The van der Waals surface area contributed by atoms with E-state index in [1.165, 1.54) is 16.7 Å². The van der Waals surface area contributed by atoms with Crippen LogP contribution in [0.4, 0.5) is 16.9 Å². The van der Waals surface area contributed by atoms with Crippen molar-refractivity contribution in [2.75, 3.05) is 0 Å². The van der Waals surface area contributed by atoms with Crippen LogP contribution in [0.1, 0.15) is 158 Å². The molecule has 12 heteroatoms. The first-order valence-corrected chi connectivity index (χ1v) is 24.8. The topological polar surface area (TPSA) is 27.7 Å². The van der Waals surface area contributed by atoms with Crippen LogP contribution in [0.25, 0.3) is 0 Å². The van der Waals surface area contributed by atoms with Crippen LogP contribution >= 0.6 is 8.60 Å². The first kappa shape index (κ1) is 50.6. The van der Waals surface area contributed by atoms with Gasteiger partial charge in [-0.05, 0) is 67.4 Å². The van der Waals surface area contributed by atoms with Gasteiger partial charge in [-0.1, -0.05) is 161 Å². The molecule has 0 bridgehead atoms. The Morgan fingerprint density at radius 3 is 0.704 bits per heavy atom. The predicted octanol–water partition coefficient (Wildman–Crippen LogP) is 15.4. The van der Waals surface area contributed by atoms with Gasteiger partial charge in [0.2, 0.25) is 0 Å². The Hall–Kier alpha value is -1.37. The van der Waals surface area contributed by atoms with Gasteiger partial charge in [-0.15, -0.1) is 0 Å². The molecule has 3 aromatic rings. The molecule has 0 heterocycles. The van der Waals surface area contributed by atoms with Gasteiger partial charge in [0, 0.05) is 16.7 Å². The van der Waals surface area contributed by atoms with Crippen molar-refractivity contribution in [1.29, 1.82) is 0 Å². The minimum atomic E-state index is -11.2. The van der Waals surface area contributed by atoms with Crippen molar-refractivity contribution in [2.45, 2.75) is 157 Å². The van der Waals surface area contributed by atoms with Gasteiger partial charge in [0.15, 0.2) is 0 Å². The second-order valence-electron chi connectivity index (χ2n) is 20.1. The fourth-order valence-corrected chi connectivity index (χ4v) is 6.35. The molecule has 3 aromatic carbocycles. The third-order valence-corrected chi connectivity index (χ3v) is 9.52. The Bertz CT molecular complexity index is 1560. The van der Waals surface area contributed by atoms with Crippen molar-refractivity contribution in [3.63, 3.8) is 0 Å². The number of rotatable bonds is 6. The van der Waals surface area contributed by atoms with Gasteiger partial charge in [-0.25, -0.2) is 0 Å². The number of benzene rings is 3. The summed E-state index contributed by atoms with van der Waals surface area (Å²) in [5.41, 5.74) is 6.85. The zero-order valence-corrected chi connectivity index (χ0v) is 41.0. The fourth-order valence-electron chi connectivity index (χ4n) is 5.28. The zero-order valence-electron chi connectivity index (χ0n) is 35.4. The number of hydrogen-bond donors (Lipinski definition) is 0. The molecule has 3 rings (SSSR count). The molecule has 0 aliphatic carbocycles. The summed E-state index contributed by atoms with van der Waals surface area (Å²) in [6, 6.07) is 19.7. The second-order valence-corrected chi connectivity index (χ2v) is 26.6. The summed E-state index contributed by atoms with van der Waals surface area (Å²) in [5.74, 6) is 2.37. The molecule has 0 saturated carbocycles. The van der Waals surface area contributed by atoms with E-state index < -0.39 is 28.1 Å². The monoisotopic (exact) mass is 1080 g/mol. The average Bonchev–Trinajstić information content (AvgIpc) is 2.88. The Balaban J connectivity index is 0.00000165. The summed E-state index contributed by atoms with van der Waals surface area (Å²) in [4.78, 5) is 0.